The highest BCUT2D eigenvalue weighted by Crippen LogP contribution is 2.36. The third-order valence-corrected chi connectivity index (χ3v) is 6.41. The molecule has 0 bridgehead atoms. The predicted octanol–water partition coefficient (Wildman–Crippen LogP) is 2.07. The summed E-state index contributed by atoms with van der Waals surface area (Å²) >= 11 is 5.83. The van der Waals surface area contributed by atoms with Gasteiger partial charge in [0.05, 0.1) is 16.8 Å². The minimum atomic E-state index is -4.36. The van der Waals surface area contributed by atoms with Crippen LogP contribution in [0.15, 0.2) is 68.9 Å². The first-order chi connectivity index (χ1) is 14.4. The number of hydrogen-bond donors (Lipinski definition) is 4. The van der Waals surface area contributed by atoms with Crippen LogP contribution in [0.25, 0.3) is 0 Å². The third kappa shape index (κ3) is 5.05. The van der Waals surface area contributed by atoms with E-state index in [9.17, 15) is 21.9 Å². The molecule has 0 amide bonds. The Morgan fingerprint density at radius 2 is 1.94 bits per heavy atom. The van der Waals surface area contributed by atoms with Crippen LogP contribution >= 0.6 is 11.6 Å². The number of sulfonamides is 1. The van der Waals surface area contributed by atoms with Crippen LogP contribution in [0.1, 0.15) is 18.5 Å². The van der Waals surface area contributed by atoms with Gasteiger partial charge in [0.25, 0.3) is 0 Å². The molecule has 0 saturated carbocycles. The zero-order valence-corrected chi connectivity index (χ0v) is 18.5. The van der Waals surface area contributed by atoms with Crippen LogP contribution in [0, 0.1) is 0 Å². The van der Waals surface area contributed by atoms with Gasteiger partial charge in [-0.2, -0.15) is 8.42 Å². The van der Waals surface area contributed by atoms with Crippen molar-refractivity contribution in [2.45, 2.75) is 17.9 Å². The van der Waals surface area contributed by atoms with Gasteiger partial charge in [-0.1, -0.05) is 54.1 Å². The minimum Gasteiger partial charge on any atom is -0.504 e. The lowest BCUT2D eigenvalue weighted by atomic mass is 10.0. The zero-order chi connectivity index (χ0) is 23.0. The number of nitrogens with zero attached hydrogens (tertiary/aromatic N) is 2. The summed E-state index contributed by atoms with van der Waals surface area (Å²) in [6.07, 6.45) is 0. The molecule has 164 valence electrons. The number of phenolic OH excluding ortho intramolecular Hbond substituents is 1. The van der Waals surface area contributed by atoms with Gasteiger partial charge in [-0.15, -0.1) is 4.40 Å². The quantitative estimate of drug-likeness (QED) is 0.375. The number of amidine groups is 2. The number of hydrogen-bond acceptors (Lipinski definition) is 7. The average Bonchev–Trinajstić information content (AvgIpc) is 2.94. The maximum Gasteiger partial charge on any atom is 0.345 e. The molecule has 0 spiro atoms. The molecule has 0 aliphatic carbocycles. The Morgan fingerprint density at radius 3 is 2.52 bits per heavy atom. The molecule has 1 atom stereocenters. The van der Waals surface area contributed by atoms with E-state index in [4.69, 9.17) is 16.7 Å². The van der Waals surface area contributed by atoms with Crippen LogP contribution in [0.2, 0.25) is 5.02 Å². The van der Waals surface area contributed by atoms with Gasteiger partial charge in [-0.25, -0.2) is 18.3 Å². The van der Waals surface area contributed by atoms with Crippen LogP contribution < -0.4 is 15.2 Å². The Morgan fingerprint density at radius 1 is 1.29 bits per heavy atom. The van der Waals surface area contributed by atoms with E-state index >= 15 is 0 Å². The summed E-state index contributed by atoms with van der Waals surface area (Å²) in [6.45, 7) is 5.64. The topological polar surface area (TPSA) is 163 Å². The molecule has 1 aliphatic heterocycles. The standard InChI is InChI=1S/C18H18ClN5O5S2/c1-10(2)14(11-6-4-3-5-7-11)22-18-17(23-31(28,29)24-18)21-13-9-8-12(19)16(15(13)25)30(20,26)27/h3-9,14,25H,1H2,2H3,(H,21,23)(H,22,24)(H2,20,26,27)/t14-/m1/s1. The second kappa shape index (κ2) is 8.30. The molecule has 1 heterocycles. The van der Waals surface area contributed by atoms with Crippen molar-refractivity contribution in [3.8, 4) is 5.75 Å². The summed E-state index contributed by atoms with van der Waals surface area (Å²) in [5.41, 5.74) is 1.21. The number of benzene rings is 2. The summed E-state index contributed by atoms with van der Waals surface area (Å²) in [6, 6.07) is 10.9. The molecule has 2 aromatic carbocycles. The summed E-state index contributed by atoms with van der Waals surface area (Å²) < 4.78 is 53.3. The molecule has 2 aromatic rings. The lowest BCUT2D eigenvalue weighted by Crippen LogP contribution is -2.31. The van der Waals surface area contributed by atoms with E-state index in [1.54, 1.807) is 31.2 Å². The Hall–Kier alpha value is -2.93. The molecule has 0 aromatic heterocycles. The van der Waals surface area contributed by atoms with Crippen molar-refractivity contribution < 1.29 is 21.9 Å². The number of nitrogens with two attached hydrogens (primary N) is 1. The van der Waals surface area contributed by atoms with Crippen molar-refractivity contribution in [2.24, 2.45) is 14.5 Å². The van der Waals surface area contributed by atoms with Crippen molar-refractivity contribution in [3.05, 3.63) is 65.2 Å². The zero-order valence-electron chi connectivity index (χ0n) is 16.1. The van der Waals surface area contributed by atoms with Gasteiger partial charge in [-0.3, -0.25) is 4.99 Å². The number of phenols is 1. The second-order valence-electron chi connectivity index (χ2n) is 6.60. The Kier molecular flexibility index (Phi) is 6.09. The second-order valence-corrected chi connectivity index (χ2v) is 9.84. The van der Waals surface area contributed by atoms with Gasteiger partial charge in [-0.05, 0) is 24.6 Å². The summed E-state index contributed by atoms with van der Waals surface area (Å²) in [5, 5.41) is 17.7. The fourth-order valence-corrected chi connectivity index (χ4v) is 4.81. The van der Waals surface area contributed by atoms with E-state index in [2.05, 4.69) is 26.0 Å². The van der Waals surface area contributed by atoms with Crippen molar-refractivity contribution in [2.75, 3.05) is 5.32 Å². The SMILES string of the molecule is C=C(C)[C@@H](N=C1NS(=O)(=O)N=C1Nc1ccc(Cl)c(S(N)(=O)=O)c1O)c1ccccc1. The Labute approximate surface area is 184 Å². The first kappa shape index (κ1) is 22.7. The number of aromatic hydroxyl groups is 1. The molecular weight excluding hydrogens is 466 g/mol. The van der Waals surface area contributed by atoms with Crippen LogP contribution in [-0.2, 0) is 20.2 Å². The molecular formula is C18H18ClN5O5S2. The van der Waals surface area contributed by atoms with E-state index in [1.165, 1.54) is 12.1 Å². The van der Waals surface area contributed by atoms with Crippen molar-refractivity contribution in [3.63, 3.8) is 0 Å². The maximum absolute atomic E-state index is 12.1. The number of aliphatic imine (C=N–C) groups is 1. The summed E-state index contributed by atoms with van der Waals surface area (Å²) in [7, 11) is -8.47. The molecule has 3 rings (SSSR count). The van der Waals surface area contributed by atoms with E-state index in [0.29, 0.717) is 5.57 Å². The van der Waals surface area contributed by atoms with Gasteiger partial charge >= 0.3 is 10.2 Å². The number of primary sulfonamides is 1. The van der Waals surface area contributed by atoms with Crippen LogP contribution in [-0.4, -0.2) is 33.6 Å². The van der Waals surface area contributed by atoms with E-state index < -0.39 is 36.9 Å². The predicted molar refractivity (Wildman–Crippen MR) is 119 cm³/mol. The smallest absolute Gasteiger partial charge is 0.345 e. The maximum atomic E-state index is 12.1. The molecule has 13 heteroatoms. The highest BCUT2D eigenvalue weighted by Gasteiger charge is 2.30. The Bertz CT molecular complexity index is 1320. The van der Waals surface area contributed by atoms with Crippen LogP contribution in [0.3, 0.4) is 0 Å². The highest BCUT2D eigenvalue weighted by molar-refractivity contribution is 7.90. The summed E-state index contributed by atoms with van der Waals surface area (Å²) in [4.78, 5) is 3.71. The number of rotatable bonds is 5. The van der Waals surface area contributed by atoms with Crippen molar-refractivity contribution in [1.29, 1.82) is 0 Å². The fourth-order valence-electron chi connectivity index (χ4n) is 2.81. The molecule has 0 saturated heterocycles. The summed E-state index contributed by atoms with van der Waals surface area (Å²) in [5.74, 6) is -1.20. The van der Waals surface area contributed by atoms with Gasteiger partial charge in [0.1, 0.15) is 4.90 Å². The lowest BCUT2D eigenvalue weighted by molar-refractivity contribution is 0.461. The lowest BCUT2D eigenvalue weighted by Gasteiger charge is -2.15. The normalized spacial score (nSPS) is 17.6. The number of nitrogens with one attached hydrogen (secondary N) is 2. The Balaban J connectivity index is 2.06. The van der Waals surface area contributed by atoms with Crippen LogP contribution in [0.5, 0.6) is 5.75 Å². The van der Waals surface area contributed by atoms with E-state index in [0.717, 1.165) is 5.56 Å². The monoisotopic (exact) mass is 483 g/mol. The molecule has 0 fully saturated rings. The molecule has 0 unspecified atom stereocenters. The third-order valence-electron chi connectivity index (χ3n) is 4.12. The molecule has 1 aliphatic rings. The molecule has 31 heavy (non-hydrogen) atoms. The minimum absolute atomic E-state index is 0.150. The molecule has 5 N–H and O–H groups in total. The van der Waals surface area contributed by atoms with Gasteiger partial charge < -0.3 is 10.4 Å². The first-order valence-electron chi connectivity index (χ1n) is 8.61. The van der Waals surface area contributed by atoms with Gasteiger partial charge in [0, 0.05) is 0 Å². The van der Waals surface area contributed by atoms with Crippen LogP contribution in [0.4, 0.5) is 5.69 Å². The van der Waals surface area contributed by atoms with Gasteiger partial charge in [0.15, 0.2) is 17.4 Å². The molecule has 10 nitrogen and oxygen atoms in total. The number of anilines is 1. The van der Waals surface area contributed by atoms with Gasteiger partial charge in [0.2, 0.25) is 10.0 Å². The average molecular weight is 484 g/mol. The van der Waals surface area contributed by atoms with E-state index in [-0.39, 0.29) is 22.4 Å². The fraction of sp³-hybridized carbons (Fsp3) is 0.111. The highest BCUT2D eigenvalue weighted by atomic mass is 35.5. The van der Waals surface area contributed by atoms with E-state index in [1.807, 2.05) is 6.07 Å². The number of halogens is 1. The molecule has 0 radical (unpaired) electrons. The largest absolute Gasteiger partial charge is 0.504 e. The van der Waals surface area contributed by atoms with Crippen molar-refractivity contribution in [1.82, 2.24) is 4.72 Å². The van der Waals surface area contributed by atoms with Crippen molar-refractivity contribution >= 4 is 49.2 Å². The first-order valence-corrected chi connectivity index (χ1v) is 12.0.